The van der Waals surface area contributed by atoms with Crippen molar-refractivity contribution in [3.63, 3.8) is 0 Å². The second-order valence-electron chi connectivity index (χ2n) is 18.4. The molecule has 1 N–H and O–H groups in total. The Labute approximate surface area is 374 Å². The van der Waals surface area contributed by atoms with Gasteiger partial charge in [-0.25, -0.2) is 0 Å². The fourth-order valence-corrected chi connectivity index (χ4v) is 10.2. The summed E-state index contributed by atoms with van der Waals surface area (Å²) in [6.45, 7) is 9.45. The number of imide groups is 1. The number of rotatable bonds is 11. The number of piperazine rings is 1. The number of benzene rings is 2. The van der Waals surface area contributed by atoms with E-state index in [4.69, 9.17) is 4.42 Å². The van der Waals surface area contributed by atoms with Crippen molar-refractivity contribution in [2.45, 2.75) is 63.8 Å². The molecule has 4 saturated heterocycles. The molecule has 2 aromatic heterocycles. The molecule has 4 fully saturated rings. The van der Waals surface area contributed by atoms with E-state index in [1.807, 2.05) is 23.1 Å². The number of likely N-dealkylation sites (tertiary alicyclic amines) is 1. The van der Waals surface area contributed by atoms with E-state index in [-0.39, 0.29) is 47.1 Å². The third-order valence-electron chi connectivity index (χ3n) is 14.0. The van der Waals surface area contributed by atoms with Crippen LogP contribution in [0.3, 0.4) is 0 Å². The van der Waals surface area contributed by atoms with E-state index in [1.165, 1.54) is 4.90 Å². The quantitative estimate of drug-likeness (QED) is 0.215. The topological polar surface area (TPSA) is 161 Å². The Kier molecular flexibility index (Phi) is 12.8. The summed E-state index contributed by atoms with van der Waals surface area (Å²) in [5.41, 5.74) is 5.74. The van der Waals surface area contributed by atoms with Gasteiger partial charge < -0.3 is 28.9 Å². The Morgan fingerprint density at radius 1 is 0.859 bits per heavy atom. The molecule has 4 aromatic rings. The summed E-state index contributed by atoms with van der Waals surface area (Å²) in [5, 5.41) is 11.2. The van der Waals surface area contributed by atoms with Crippen LogP contribution in [-0.4, -0.2) is 150 Å². The van der Waals surface area contributed by atoms with E-state index in [0.29, 0.717) is 63.5 Å². The Morgan fingerprint density at radius 3 is 2.39 bits per heavy atom. The van der Waals surface area contributed by atoms with Gasteiger partial charge in [-0.2, -0.15) is 0 Å². The number of amides is 5. The van der Waals surface area contributed by atoms with Gasteiger partial charge in [0.15, 0.2) is 11.3 Å². The summed E-state index contributed by atoms with van der Waals surface area (Å²) in [7, 11) is 3.43. The van der Waals surface area contributed by atoms with E-state index in [0.717, 1.165) is 111 Å². The number of anilines is 2. The smallest absolute Gasteiger partial charge is 0.289 e. The lowest BCUT2D eigenvalue weighted by Crippen LogP contribution is -2.50. The van der Waals surface area contributed by atoms with Gasteiger partial charge in [-0.05, 0) is 91.5 Å². The number of carbonyl (C=O) groups is 5. The summed E-state index contributed by atoms with van der Waals surface area (Å²) < 4.78 is 7.98. The summed E-state index contributed by atoms with van der Waals surface area (Å²) in [5.74, 6) is 0.276. The van der Waals surface area contributed by atoms with Crippen molar-refractivity contribution < 1.29 is 28.4 Å². The number of aryl methyl sites for hydroxylation is 1. The van der Waals surface area contributed by atoms with Crippen molar-refractivity contribution in [2.75, 3.05) is 95.9 Å². The molecule has 0 radical (unpaired) electrons. The Balaban J connectivity index is 0.777. The predicted octanol–water partition coefficient (Wildman–Crippen LogP) is 4.23. The van der Waals surface area contributed by atoms with Crippen LogP contribution in [0.5, 0.6) is 0 Å². The molecule has 64 heavy (non-hydrogen) atoms. The molecular formula is C48H60N10O6. The molecule has 5 aliphatic rings. The first-order chi connectivity index (χ1) is 31.1. The van der Waals surface area contributed by atoms with E-state index in [1.54, 1.807) is 31.2 Å². The van der Waals surface area contributed by atoms with Gasteiger partial charge in [0.25, 0.3) is 5.91 Å². The number of nitrogens with one attached hydrogen (secondary N) is 1. The number of piperidine rings is 3. The average Bonchev–Trinajstić information content (AvgIpc) is 4.01. The first-order valence-corrected chi connectivity index (χ1v) is 23.1. The second kappa shape index (κ2) is 19.0. The lowest BCUT2D eigenvalue weighted by molar-refractivity contribution is -0.138. The molecule has 0 saturated carbocycles. The van der Waals surface area contributed by atoms with Gasteiger partial charge in [-0.1, -0.05) is 23.4 Å². The van der Waals surface area contributed by atoms with Crippen LogP contribution in [0.2, 0.25) is 0 Å². The number of nitrogens with zero attached hydrogens (tertiary/aromatic N) is 9. The summed E-state index contributed by atoms with van der Waals surface area (Å²) in [6.07, 6.45) is 11.1. The number of carbonyl (C=O) groups excluding carboxylic acids is 5. The zero-order valence-electron chi connectivity index (χ0n) is 37.1. The maximum atomic E-state index is 14.0. The lowest BCUT2D eigenvalue weighted by atomic mass is 9.90. The maximum absolute atomic E-state index is 14.0. The molecule has 0 spiro atoms. The van der Waals surface area contributed by atoms with Crippen LogP contribution in [0.1, 0.15) is 79.0 Å². The number of hydrogen-bond donors (Lipinski definition) is 1. The molecule has 1 unspecified atom stereocenters. The van der Waals surface area contributed by atoms with Crippen molar-refractivity contribution in [3.05, 3.63) is 77.8 Å². The molecule has 16 heteroatoms. The highest BCUT2D eigenvalue weighted by Crippen LogP contribution is 2.38. The van der Waals surface area contributed by atoms with Crippen molar-refractivity contribution in [1.82, 2.24) is 39.9 Å². The van der Waals surface area contributed by atoms with Gasteiger partial charge in [0, 0.05) is 122 Å². The minimum absolute atomic E-state index is 0.0336. The van der Waals surface area contributed by atoms with Crippen molar-refractivity contribution in [3.8, 4) is 0 Å². The van der Waals surface area contributed by atoms with Crippen LogP contribution in [0, 0.1) is 11.8 Å². The van der Waals surface area contributed by atoms with Gasteiger partial charge >= 0.3 is 0 Å². The van der Waals surface area contributed by atoms with E-state index in [2.05, 4.69) is 65.6 Å². The third-order valence-corrected chi connectivity index (χ3v) is 14.0. The number of aromatic nitrogens is 3. The molecule has 5 aliphatic heterocycles. The van der Waals surface area contributed by atoms with E-state index >= 15 is 0 Å². The summed E-state index contributed by atoms with van der Waals surface area (Å²) >= 11 is 0. The predicted molar refractivity (Wildman–Crippen MR) is 243 cm³/mol. The minimum atomic E-state index is -0.280. The molecule has 2 aromatic carbocycles. The zero-order chi connectivity index (χ0) is 44.3. The largest absolute Gasteiger partial charge is 0.449 e. The van der Waals surface area contributed by atoms with Gasteiger partial charge in [0.2, 0.25) is 23.6 Å². The van der Waals surface area contributed by atoms with Crippen LogP contribution in [0.15, 0.2) is 65.4 Å². The molecule has 5 amide bonds. The van der Waals surface area contributed by atoms with Crippen LogP contribution in [0.25, 0.3) is 16.5 Å². The Morgan fingerprint density at radius 2 is 1.66 bits per heavy atom. The summed E-state index contributed by atoms with van der Waals surface area (Å²) in [4.78, 5) is 77.3. The molecule has 7 heterocycles. The van der Waals surface area contributed by atoms with Crippen molar-refractivity contribution in [1.29, 1.82) is 0 Å². The van der Waals surface area contributed by atoms with E-state index < -0.39 is 0 Å². The van der Waals surface area contributed by atoms with Crippen LogP contribution in [-0.2, 0) is 25.7 Å². The minimum Gasteiger partial charge on any atom is -0.449 e. The monoisotopic (exact) mass is 872 g/mol. The zero-order valence-corrected chi connectivity index (χ0v) is 37.1. The molecular weight excluding hydrogens is 813 g/mol. The fraction of sp³-hybridized carbons (Fsp3) is 0.521. The second-order valence-corrected chi connectivity index (χ2v) is 18.4. The highest BCUT2D eigenvalue weighted by atomic mass is 16.3. The number of fused-ring (bicyclic) bond motifs is 1. The molecule has 0 aliphatic carbocycles. The van der Waals surface area contributed by atoms with Crippen LogP contribution >= 0.6 is 0 Å². The van der Waals surface area contributed by atoms with Crippen molar-refractivity contribution in [2.24, 2.45) is 11.8 Å². The highest BCUT2D eigenvalue weighted by molar-refractivity contribution is 6.02. The SMILES string of the molecule is CN(C)C(=O)c1cc2cc(C3=CCCN(C(=O)CCn4ccnn4)C3)cc(N3CCC(C(=O)N4CCC(CN5CCN(c6cccc(C7CCC(=O)NC7=O)c6)CC5)CC4)CC3)c2o1. The molecule has 338 valence electrons. The Hall–Kier alpha value is -6.03. The molecule has 1 atom stereocenters. The fourth-order valence-electron chi connectivity index (χ4n) is 10.2. The molecule has 0 bridgehead atoms. The lowest BCUT2D eigenvalue weighted by Gasteiger charge is -2.41. The van der Waals surface area contributed by atoms with Crippen LogP contribution < -0.4 is 15.1 Å². The Bertz CT molecular complexity index is 2390. The van der Waals surface area contributed by atoms with E-state index in [9.17, 15) is 24.0 Å². The van der Waals surface area contributed by atoms with Crippen molar-refractivity contribution >= 4 is 57.5 Å². The van der Waals surface area contributed by atoms with Gasteiger partial charge in [0.1, 0.15) is 0 Å². The number of furan rings is 1. The number of hydrogen-bond acceptors (Lipinski definition) is 11. The normalized spacial score (nSPS) is 20.7. The van der Waals surface area contributed by atoms with Crippen LogP contribution in [0.4, 0.5) is 11.4 Å². The highest BCUT2D eigenvalue weighted by Gasteiger charge is 2.34. The standard InChI is InChI=1S/C48H60N10O6/c1-52(2)48(63)42-30-38-27-37(36-6-4-16-57(32-36)44(60)14-21-58-22-15-49-51-58)29-41(45(38)64-42)55-19-12-34(13-20-55)47(62)56-17-10-33(11-18-56)31-53-23-25-54(26-24-53)39-7-3-5-35(28-39)40-8-9-43(59)50-46(40)61/h3,5-7,15,22,27-30,33-34,40H,4,8-14,16-21,23-26,31-32H2,1-2H3,(H,50,59,61). The average molecular weight is 873 g/mol. The molecule has 9 rings (SSSR count). The molecule has 16 nitrogen and oxygen atoms in total. The first kappa shape index (κ1) is 43.2. The summed E-state index contributed by atoms with van der Waals surface area (Å²) in [6, 6.07) is 14.3. The maximum Gasteiger partial charge on any atom is 0.289 e. The van der Waals surface area contributed by atoms with Gasteiger partial charge in [-0.3, -0.25) is 38.9 Å². The first-order valence-electron chi connectivity index (χ1n) is 23.1. The third kappa shape index (κ3) is 9.57. The van der Waals surface area contributed by atoms with Gasteiger partial charge in [-0.15, -0.1) is 5.10 Å². The van der Waals surface area contributed by atoms with Gasteiger partial charge in [0.05, 0.1) is 24.3 Å².